The lowest BCUT2D eigenvalue weighted by Crippen LogP contribution is -2.66. The Labute approximate surface area is 217 Å². The minimum Gasteiger partial charge on any atom is -0.472 e. The Hall–Kier alpha value is -2.90. The Morgan fingerprint density at radius 3 is 2.51 bits per heavy atom. The number of Topliss-reactive ketones (excluding diaryl/α,β-unsaturated/α-hetero) is 1. The van der Waals surface area contributed by atoms with Crippen molar-refractivity contribution in [1.29, 1.82) is 0 Å². The molecule has 5 rings (SSSR count). The maximum Gasteiger partial charge on any atom is 0.310 e. The fourth-order valence-electron chi connectivity index (χ4n) is 8.37. The SMILES string of the molecule is COC(=O)C[C@@H]1C(C)(C)[C@H](OC(C)=O)[C@H]2CC3=C4CC(=O)O[C@H](c5ccoc5)[C@]4(C)CC[C@@H]3[C@@]1(C)C2=O. The molecule has 7 atom stereocenters. The molecule has 2 saturated carbocycles. The van der Waals surface area contributed by atoms with Gasteiger partial charge in [-0.2, -0.15) is 0 Å². The predicted molar refractivity (Wildman–Crippen MR) is 131 cm³/mol. The van der Waals surface area contributed by atoms with E-state index in [1.807, 2.05) is 26.8 Å². The number of ether oxygens (including phenoxy) is 3. The van der Waals surface area contributed by atoms with Gasteiger partial charge >= 0.3 is 17.9 Å². The van der Waals surface area contributed by atoms with Crippen LogP contribution in [0.1, 0.15) is 78.4 Å². The van der Waals surface area contributed by atoms with Crippen LogP contribution in [0.3, 0.4) is 0 Å². The topological polar surface area (TPSA) is 109 Å². The Kier molecular flexibility index (Phi) is 5.96. The molecule has 8 heteroatoms. The summed E-state index contributed by atoms with van der Waals surface area (Å²) in [6.07, 6.45) is 4.12. The van der Waals surface area contributed by atoms with E-state index in [1.54, 1.807) is 12.5 Å². The van der Waals surface area contributed by atoms with Gasteiger partial charge in [-0.1, -0.05) is 33.3 Å². The van der Waals surface area contributed by atoms with Crippen molar-refractivity contribution < 1.29 is 37.8 Å². The van der Waals surface area contributed by atoms with Gasteiger partial charge in [-0.25, -0.2) is 0 Å². The summed E-state index contributed by atoms with van der Waals surface area (Å²) in [7, 11) is 1.35. The maximum atomic E-state index is 14.2. The van der Waals surface area contributed by atoms with Crippen LogP contribution in [-0.4, -0.2) is 36.9 Å². The minimum absolute atomic E-state index is 0.0368. The molecule has 3 fully saturated rings. The Morgan fingerprint density at radius 1 is 1.16 bits per heavy atom. The van der Waals surface area contributed by atoms with E-state index in [0.717, 1.165) is 29.6 Å². The first-order valence-electron chi connectivity index (χ1n) is 13.1. The first-order valence-corrected chi connectivity index (χ1v) is 13.1. The molecule has 2 bridgehead atoms. The number of cyclic esters (lactones) is 1. The van der Waals surface area contributed by atoms with Crippen LogP contribution in [-0.2, 0) is 33.4 Å². The molecule has 1 aliphatic heterocycles. The number of hydrogen-bond acceptors (Lipinski definition) is 8. The molecule has 1 aromatic rings. The number of ketones is 1. The fraction of sp³-hybridized carbons (Fsp3) is 0.655. The Bertz CT molecular complexity index is 1180. The highest BCUT2D eigenvalue weighted by molar-refractivity contribution is 5.92. The second kappa shape index (κ2) is 8.57. The summed E-state index contributed by atoms with van der Waals surface area (Å²) < 4.78 is 22.1. The van der Waals surface area contributed by atoms with Gasteiger partial charge in [-0.05, 0) is 42.7 Å². The Morgan fingerprint density at radius 2 is 1.89 bits per heavy atom. The van der Waals surface area contributed by atoms with Crippen LogP contribution in [0.25, 0.3) is 0 Å². The average Bonchev–Trinajstić information content (AvgIpc) is 3.36. The van der Waals surface area contributed by atoms with Gasteiger partial charge in [0, 0.05) is 35.2 Å². The largest absolute Gasteiger partial charge is 0.472 e. The number of carbonyl (C=O) groups is 4. The van der Waals surface area contributed by atoms with Gasteiger partial charge in [-0.3, -0.25) is 19.2 Å². The summed E-state index contributed by atoms with van der Waals surface area (Å²) in [5.41, 5.74) is 0.968. The fourth-order valence-corrected chi connectivity index (χ4v) is 8.37. The number of fused-ring (bicyclic) bond motifs is 5. The van der Waals surface area contributed by atoms with E-state index in [4.69, 9.17) is 18.6 Å². The highest BCUT2D eigenvalue weighted by atomic mass is 16.6. The molecule has 1 saturated heterocycles. The molecule has 0 amide bonds. The third kappa shape index (κ3) is 3.62. The van der Waals surface area contributed by atoms with Crippen LogP contribution in [0.2, 0.25) is 0 Å². The van der Waals surface area contributed by atoms with Crippen LogP contribution in [0.5, 0.6) is 0 Å². The van der Waals surface area contributed by atoms with Crippen LogP contribution >= 0.6 is 0 Å². The lowest BCUT2D eigenvalue weighted by atomic mass is 9.40. The van der Waals surface area contributed by atoms with Crippen molar-refractivity contribution in [2.45, 2.75) is 78.9 Å². The molecule has 0 spiro atoms. The smallest absolute Gasteiger partial charge is 0.310 e. The van der Waals surface area contributed by atoms with Crippen LogP contribution < -0.4 is 0 Å². The molecule has 37 heavy (non-hydrogen) atoms. The number of methoxy groups -OCH3 is 1. The summed E-state index contributed by atoms with van der Waals surface area (Å²) in [6, 6.07) is 1.83. The van der Waals surface area contributed by atoms with Gasteiger partial charge in [0.2, 0.25) is 0 Å². The van der Waals surface area contributed by atoms with E-state index >= 15 is 0 Å². The number of esters is 3. The average molecular weight is 513 g/mol. The summed E-state index contributed by atoms with van der Waals surface area (Å²) in [6.45, 7) is 9.43. The van der Waals surface area contributed by atoms with Crippen molar-refractivity contribution in [2.75, 3.05) is 7.11 Å². The number of rotatable bonds is 4. The number of hydrogen-bond donors (Lipinski definition) is 0. The molecule has 0 N–H and O–H groups in total. The molecule has 0 aromatic carbocycles. The highest BCUT2D eigenvalue weighted by Crippen LogP contribution is 2.68. The molecule has 3 aliphatic carbocycles. The van der Waals surface area contributed by atoms with E-state index < -0.39 is 52.2 Å². The van der Waals surface area contributed by atoms with Crippen molar-refractivity contribution in [3.8, 4) is 0 Å². The molecule has 8 nitrogen and oxygen atoms in total. The van der Waals surface area contributed by atoms with E-state index in [1.165, 1.54) is 14.0 Å². The summed E-state index contributed by atoms with van der Waals surface area (Å²) in [4.78, 5) is 52.0. The third-order valence-electron chi connectivity index (χ3n) is 10.1. The number of carbonyl (C=O) groups excluding carboxylic acids is 4. The summed E-state index contributed by atoms with van der Waals surface area (Å²) in [5, 5.41) is 0. The third-order valence-corrected chi connectivity index (χ3v) is 10.1. The van der Waals surface area contributed by atoms with Gasteiger partial charge < -0.3 is 18.6 Å². The van der Waals surface area contributed by atoms with Crippen molar-refractivity contribution in [2.24, 2.45) is 34.0 Å². The zero-order chi connectivity index (χ0) is 26.9. The van der Waals surface area contributed by atoms with Crippen molar-refractivity contribution in [3.63, 3.8) is 0 Å². The Balaban J connectivity index is 1.69. The number of furan rings is 1. The van der Waals surface area contributed by atoms with Gasteiger partial charge in [-0.15, -0.1) is 0 Å². The summed E-state index contributed by atoms with van der Waals surface area (Å²) in [5.74, 6) is -2.20. The molecular formula is C29H36O8. The molecule has 0 unspecified atom stereocenters. The molecule has 1 aromatic heterocycles. The van der Waals surface area contributed by atoms with Crippen LogP contribution in [0.15, 0.2) is 34.2 Å². The molecule has 4 aliphatic rings. The quantitative estimate of drug-likeness (QED) is 0.324. The van der Waals surface area contributed by atoms with Crippen molar-refractivity contribution >= 4 is 23.7 Å². The van der Waals surface area contributed by atoms with Gasteiger partial charge in [0.05, 0.1) is 32.0 Å². The first kappa shape index (κ1) is 25.7. The van der Waals surface area contributed by atoms with Crippen LogP contribution in [0, 0.1) is 34.0 Å². The molecule has 0 radical (unpaired) electrons. The molecule has 200 valence electrons. The number of allylic oxidation sites excluding steroid dienone is 1. The maximum absolute atomic E-state index is 14.2. The monoisotopic (exact) mass is 512 g/mol. The van der Waals surface area contributed by atoms with Crippen molar-refractivity contribution in [1.82, 2.24) is 0 Å². The van der Waals surface area contributed by atoms with E-state index in [9.17, 15) is 19.2 Å². The predicted octanol–water partition coefficient (Wildman–Crippen LogP) is 4.73. The van der Waals surface area contributed by atoms with Gasteiger partial charge in [0.25, 0.3) is 0 Å². The normalized spacial score (nSPS) is 38.3. The lowest BCUT2D eigenvalue weighted by molar-refractivity contribution is -0.197. The highest BCUT2D eigenvalue weighted by Gasteiger charge is 2.68. The van der Waals surface area contributed by atoms with Crippen molar-refractivity contribution in [3.05, 3.63) is 35.3 Å². The lowest BCUT2D eigenvalue weighted by Gasteiger charge is -2.63. The zero-order valence-corrected chi connectivity index (χ0v) is 22.4. The van der Waals surface area contributed by atoms with Gasteiger partial charge in [0.15, 0.2) is 0 Å². The van der Waals surface area contributed by atoms with Crippen LogP contribution in [0.4, 0.5) is 0 Å². The second-order valence-electron chi connectivity index (χ2n) is 12.3. The standard InChI is InChI=1S/C29H36O8/c1-15(30)36-26-18-11-17-19(29(5,24(18)33)21(27(26,2)3)13-22(31)34-6)7-9-28(4)20(17)12-23(32)37-25(28)16-8-10-35-14-16/h8,10,14,18-19,21,25-26H,7,9,11-13H2,1-6H3/t18-,19-,21+,25+,26+,28+,29+/m0/s1. The van der Waals surface area contributed by atoms with E-state index in [2.05, 4.69) is 6.92 Å². The minimum atomic E-state index is -0.868. The second-order valence-corrected chi connectivity index (χ2v) is 12.3. The van der Waals surface area contributed by atoms with Gasteiger partial charge in [0.1, 0.15) is 18.0 Å². The summed E-state index contributed by atoms with van der Waals surface area (Å²) >= 11 is 0. The van der Waals surface area contributed by atoms with E-state index in [-0.39, 0.29) is 30.5 Å². The zero-order valence-electron chi connectivity index (χ0n) is 22.4. The van der Waals surface area contributed by atoms with E-state index in [0.29, 0.717) is 6.42 Å². The first-order chi connectivity index (χ1) is 17.4. The molecule has 2 heterocycles. The molecular weight excluding hydrogens is 476 g/mol.